The molecule has 0 heterocycles. The second-order valence-corrected chi connectivity index (χ2v) is 2.67. The van der Waals surface area contributed by atoms with Gasteiger partial charge in [0.1, 0.15) is 12.9 Å². The first-order chi connectivity index (χ1) is 6.69. The Bertz CT molecular complexity index is 407. The number of benzene rings is 1. The second-order valence-electron chi connectivity index (χ2n) is 2.67. The normalized spacial score (nSPS) is 10.9. The smallest absolute Gasteiger partial charge is 0.133 e. The number of nitrogens with zero attached hydrogens (tertiary/aromatic N) is 2. The predicted octanol–water partition coefficient (Wildman–Crippen LogP) is 2.07. The van der Waals surface area contributed by atoms with Crippen molar-refractivity contribution in [1.82, 2.24) is 0 Å². The summed E-state index contributed by atoms with van der Waals surface area (Å²) in [4.78, 5) is 4.53. The van der Waals surface area contributed by atoms with Crippen molar-refractivity contribution in [3.05, 3.63) is 35.1 Å². The first-order valence-electron chi connectivity index (χ1n) is 3.97. The topological polar surface area (TPSA) is 45.4 Å². The maximum atomic E-state index is 13.3. The van der Waals surface area contributed by atoms with Gasteiger partial charge in [0, 0.05) is 5.56 Å². The van der Waals surface area contributed by atoms with E-state index in [1.165, 1.54) is 25.3 Å². The van der Waals surface area contributed by atoms with E-state index in [0.29, 0.717) is 11.3 Å². The summed E-state index contributed by atoms with van der Waals surface area (Å²) in [7, 11) is 1.39. The zero-order chi connectivity index (χ0) is 10.6. The van der Waals surface area contributed by atoms with Gasteiger partial charge in [-0.3, -0.25) is 0 Å². The summed E-state index contributed by atoms with van der Waals surface area (Å²) in [6.07, 6.45) is 0. The number of hydrogen-bond donors (Lipinski definition) is 0. The van der Waals surface area contributed by atoms with Crippen LogP contribution in [0, 0.1) is 17.1 Å². The standard InChI is InChI=1S/C10H9FN2O/c1-7(13-14-2)9-4-3-8(6-12)5-10(9)11/h3-5H,1-2H3/b13-7+. The van der Waals surface area contributed by atoms with E-state index in [0.717, 1.165) is 0 Å². The Hall–Kier alpha value is -1.89. The molecule has 1 aromatic rings. The molecule has 1 rings (SSSR count). The Labute approximate surface area is 81.4 Å². The van der Waals surface area contributed by atoms with Crippen LogP contribution in [0.5, 0.6) is 0 Å². The average Bonchev–Trinajstić information content (AvgIpc) is 2.17. The quantitative estimate of drug-likeness (QED) is 0.531. The van der Waals surface area contributed by atoms with Crippen LogP contribution in [-0.2, 0) is 4.84 Å². The van der Waals surface area contributed by atoms with Crippen LogP contribution in [-0.4, -0.2) is 12.8 Å². The van der Waals surface area contributed by atoms with Gasteiger partial charge in [-0.25, -0.2) is 4.39 Å². The SMILES string of the molecule is CO/N=C(\C)c1ccc(C#N)cc1F. The van der Waals surface area contributed by atoms with Crippen LogP contribution < -0.4 is 0 Å². The van der Waals surface area contributed by atoms with Gasteiger partial charge in [-0.15, -0.1) is 0 Å². The van der Waals surface area contributed by atoms with Crippen molar-refractivity contribution < 1.29 is 9.23 Å². The minimum atomic E-state index is -0.470. The van der Waals surface area contributed by atoms with Crippen molar-refractivity contribution in [1.29, 1.82) is 5.26 Å². The lowest BCUT2D eigenvalue weighted by Gasteiger charge is -2.01. The summed E-state index contributed by atoms with van der Waals surface area (Å²) in [5.74, 6) is -0.470. The van der Waals surface area contributed by atoms with Gasteiger partial charge in [-0.05, 0) is 25.1 Å². The van der Waals surface area contributed by atoms with Gasteiger partial charge in [0.05, 0.1) is 17.3 Å². The highest BCUT2D eigenvalue weighted by Crippen LogP contribution is 2.11. The van der Waals surface area contributed by atoms with Crippen LogP contribution in [0.1, 0.15) is 18.1 Å². The fourth-order valence-electron chi connectivity index (χ4n) is 1.06. The molecule has 0 bridgehead atoms. The highest BCUT2D eigenvalue weighted by atomic mass is 19.1. The van der Waals surface area contributed by atoms with Crippen LogP contribution >= 0.6 is 0 Å². The largest absolute Gasteiger partial charge is 0.399 e. The maximum absolute atomic E-state index is 13.3. The third-order valence-corrected chi connectivity index (χ3v) is 1.72. The van der Waals surface area contributed by atoms with E-state index in [1.54, 1.807) is 6.92 Å². The minimum absolute atomic E-state index is 0.288. The molecule has 0 aliphatic heterocycles. The summed E-state index contributed by atoms with van der Waals surface area (Å²) < 4.78 is 13.3. The molecule has 4 heteroatoms. The van der Waals surface area contributed by atoms with E-state index in [2.05, 4.69) is 9.99 Å². The molecule has 1 aromatic carbocycles. The van der Waals surface area contributed by atoms with Crippen molar-refractivity contribution in [2.45, 2.75) is 6.92 Å². The van der Waals surface area contributed by atoms with Gasteiger partial charge in [0.15, 0.2) is 0 Å². The van der Waals surface area contributed by atoms with Crippen LogP contribution in [0.4, 0.5) is 4.39 Å². The van der Waals surface area contributed by atoms with Crippen molar-refractivity contribution in [2.75, 3.05) is 7.11 Å². The molecule has 0 aliphatic rings. The van der Waals surface area contributed by atoms with E-state index >= 15 is 0 Å². The number of hydrogen-bond acceptors (Lipinski definition) is 3. The molecule has 0 aromatic heterocycles. The summed E-state index contributed by atoms with van der Waals surface area (Å²) >= 11 is 0. The first kappa shape index (κ1) is 10.2. The Morgan fingerprint density at radius 3 is 2.79 bits per heavy atom. The molecule has 0 atom stereocenters. The van der Waals surface area contributed by atoms with Crippen molar-refractivity contribution >= 4 is 5.71 Å². The zero-order valence-corrected chi connectivity index (χ0v) is 7.91. The zero-order valence-electron chi connectivity index (χ0n) is 7.91. The van der Waals surface area contributed by atoms with Crippen LogP contribution in [0.2, 0.25) is 0 Å². The molecule has 72 valence electrons. The van der Waals surface area contributed by atoms with Gasteiger partial charge in [0.25, 0.3) is 0 Å². The van der Waals surface area contributed by atoms with E-state index in [-0.39, 0.29) is 5.56 Å². The lowest BCUT2D eigenvalue weighted by molar-refractivity contribution is 0.213. The van der Waals surface area contributed by atoms with Crippen LogP contribution in [0.15, 0.2) is 23.4 Å². The Morgan fingerprint density at radius 1 is 1.57 bits per heavy atom. The van der Waals surface area contributed by atoms with Crippen LogP contribution in [0.3, 0.4) is 0 Å². The molecule has 3 nitrogen and oxygen atoms in total. The lowest BCUT2D eigenvalue weighted by atomic mass is 10.1. The van der Waals surface area contributed by atoms with Crippen molar-refractivity contribution in [3.8, 4) is 6.07 Å². The monoisotopic (exact) mass is 192 g/mol. The molecule has 0 aliphatic carbocycles. The van der Waals surface area contributed by atoms with E-state index in [9.17, 15) is 4.39 Å². The van der Waals surface area contributed by atoms with Gasteiger partial charge < -0.3 is 4.84 Å². The summed E-state index contributed by atoms with van der Waals surface area (Å²) in [6, 6.07) is 6.07. The van der Waals surface area contributed by atoms with E-state index in [4.69, 9.17) is 5.26 Å². The number of oxime groups is 1. The fourth-order valence-corrected chi connectivity index (χ4v) is 1.06. The first-order valence-corrected chi connectivity index (χ1v) is 3.97. The molecular formula is C10H9FN2O. The van der Waals surface area contributed by atoms with Crippen LogP contribution in [0.25, 0.3) is 0 Å². The molecule has 0 fully saturated rings. The number of halogens is 1. The predicted molar refractivity (Wildman–Crippen MR) is 50.3 cm³/mol. The Kier molecular flexibility index (Phi) is 3.19. The van der Waals surface area contributed by atoms with Gasteiger partial charge in [-0.2, -0.15) is 5.26 Å². The van der Waals surface area contributed by atoms with E-state index in [1.807, 2.05) is 6.07 Å². The van der Waals surface area contributed by atoms with Gasteiger partial charge in [-0.1, -0.05) is 5.16 Å². The van der Waals surface area contributed by atoms with Crippen molar-refractivity contribution in [2.24, 2.45) is 5.16 Å². The average molecular weight is 192 g/mol. The number of rotatable bonds is 2. The van der Waals surface area contributed by atoms with Gasteiger partial charge in [0.2, 0.25) is 0 Å². The van der Waals surface area contributed by atoms with Gasteiger partial charge >= 0.3 is 0 Å². The fraction of sp³-hybridized carbons (Fsp3) is 0.200. The molecule has 0 spiro atoms. The molecular weight excluding hydrogens is 183 g/mol. The molecule has 0 saturated carbocycles. The highest BCUT2D eigenvalue weighted by Gasteiger charge is 2.06. The molecule has 0 unspecified atom stereocenters. The Morgan fingerprint density at radius 2 is 2.29 bits per heavy atom. The second kappa shape index (κ2) is 4.38. The van der Waals surface area contributed by atoms with Crippen molar-refractivity contribution in [3.63, 3.8) is 0 Å². The summed E-state index contributed by atoms with van der Waals surface area (Å²) in [5.41, 5.74) is 1.07. The molecule has 0 N–H and O–H groups in total. The molecule has 0 amide bonds. The lowest BCUT2D eigenvalue weighted by Crippen LogP contribution is -1.99. The third-order valence-electron chi connectivity index (χ3n) is 1.72. The van der Waals surface area contributed by atoms with E-state index < -0.39 is 5.82 Å². The third kappa shape index (κ3) is 2.07. The molecule has 14 heavy (non-hydrogen) atoms. The minimum Gasteiger partial charge on any atom is -0.399 e. The highest BCUT2D eigenvalue weighted by molar-refractivity contribution is 5.98. The molecule has 0 saturated heterocycles. The number of nitriles is 1. The Balaban J connectivity index is 3.13. The summed E-state index contributed by atoms with van der Waals surface area (Å²) in [6.45, 7) is 1.63. The summed E-state index contributed by atoms with van der Waals surface area (Å²) in [5, 5.41) is 12.1. The molecule has 0 radical (unpaired) electrons. The maximum Gasteiger partial charge on any atom is 0.133 e.